The van der Waals surface area contributed by atoms with E-state index in [1.165, 1.54) is 37.5 Å². The first-order chi connectivity index (χ1) is 14.3. The van der Waals surface area contributed by atoms with Crippen molar-refractivity contribution < 1.29 is 27.9 Å². The summed E-state index contributed by atoms with van der Waals surface area (Å²) in [4.78, 5) is 37.1. The highest BCUT2D eigenvalue weighted by molar-refractivity contribution is 6.33. The van der Waals surface area contributed by atoms with Crippen LogP contribution in [-0.4, -0.2) is 23.9 Å². The molecule has 2 N–H and O–H groups in total. The Kier molecular flexibility index (Phi) is 6.48. The molecule has 1 unspecified atom stereocenters. The van der Waals surface area contributed by atoms with Crippen LogP contribution in [0.3, 0.4) is 0 Å². The Hall–Kier alpha value is -3.65. The van der Waals surface area contributed by atoms with Gasteiger partial charge in [-0.2, -0.15) is 0 Å². The number of ether oxygens (including phenoxy) is 1. The summed E-state index contributed by atoms with van der Waals surface area (Å²) in [6.07, 6.45) is 0.162. The molecule has 3 rings (SSSR count). The molecule has 154 valence electrons. The van der Waals surface area contributed by atoms with E-state index in [0.29, 0.717) is 0 Å². The molecule has 3 aromatic rings. The smallest absolute Gasteiger partial charge is 0.341 e. The standard InChI is InChI=1S/C21H16ClFN2O5/c1-12(19(26)25-17-9-8-13(23)11-15(17)22)30-21(28)14-5-2-3-6-16(14)24-20(27)18-7-4-10-29-18/h2-12H,1H3,(H,24,27)(H,25,26). The van der Waals surface area contributed by atoms with Gasteiger partial charge in [0.1, 0.15) is 5.82 Å². The first kappa shape index (κ1) is 21.1. The van der Waals surface area contributed by atoms with Gasteiger partial charge >= 0.3 is 5.97 Å². The lowest BCUT2D eigenvalue weighted by atomic mass is 10.1. The predicted octanol–water partition coefficient (Wildman–Crippen LogP) is 4.51. The van der Waals surface area contributed by atoms with Crippen LogP contribution in [0.25, 0.3) is 0 Å². The Morgan fingerprint density at radius 2 is 1.80 bits per heavy atom. The number of furan rings is 1. The van der Waals surface area contributed by atoms with Crippen molar-refractivity contribution in [2.45, 2.75) is 13.0 Å². The summed E-state index contributed by atoms with van der Waals surface area (Å²) in [6.45, 7) is 1.37. The molecule has 0 spiro atoms. The van der Waals surface area contributed by atoms with Crippen molar-refractivity contribution in [1.82, 2.24) is 0 Å². The van der Waals surface area contributed by atoms with Gasteiger partial charge in [-0.15, -0.1) is 0 Å². The monoisotopic (exact) mass is 430 g/mol. The summed E-state index contributed by atoms with van der Waals surface area (Å²) in [6, 6.07) is 12.7. The van der Waals surface area contributed by atoms with E-state index in [0.717, 1.165) is 12.1 Å². The van der Waals surface area contributed by atoms with Gasteiger partial charge in [0.2, 0.25) is 0 Å². The number of anilines is 2. The van der Waals surface area contributed by atoms with Gasteiger partial charge in [0, 0.05) is 0 Å². The molecule has 30 heavy (non-hydrogen) atoms. The highest BCUT2D eigenvalue weighted by atomic mass is 35.5. The first-order valence-electron chi connectivity index (χ1n) is 8.76. The van der Waals surface area contributed by atoms with Crippen molar-refractivity contribution in [1.29, 1.82) is 0 Å². The fourth-order valence-electron chi connectivity index (χ4n) is 2.46. The number of carbonyl (C=O) groups excluding carboxylic acids is 3. The fraction of sp³-hybridized carbons (Fsp3) is 0.0952. The van der Waals surface area contributed by atoms with Crippen molar-refractivity contribution in [2.24, 2.45) is 0 Å². The molecule has 0 fully saturated rings. The number of hydrogen-bond donors (Lipinski definition) is 2. The molecule has 0 saturated heterocycles. The van der Waals surface area contributed by atoms with Gasteiger partial charge in [-0.05, 0) is 49.4 Å². The molecule has 0 saturated carbocycles. The summed E-state index contributed by atoms with van der Waals surface area (Å²) in [5, 5.41) is 5.03. The van der Waals surface area contributed by atoms with E-state index in [1.807, 2.05) is 0 Å². The number of para-hydroxylation sites is 1. The largest absolute Gasteiger partial charge is 0.459 e. The van der Waals surface area contributed by atoms with Crippen molar-refractivity contribution >= 4 is 40.8 Å². The van der Waals surface area contributed by atoms with E-state index in [4.69, 9.17) is 20.8 Å². The second-order valence-electron chi connectivity index (χ2n) is 6.14. The lowest BCUT2D eigenvalue weighted by Gasteiger charge is -2.15. The molecular formula is C21H16ClFN2O5. The van der Waals surface area contributed by atoms with Crippen LogP contribution in [0.2, 0.25) is 5.02 Å². The molecular weight excluding hydrogens is 415 g/mol. The lowest BCUT2D eigenvalue weighted by molar-refractivity contribution is -0.123. The van der Waals surface area contributed by atoms with E-state index in [1.54, 1.807) is 18.2 Å². The zero-order valence-corrected chi connectivity index (χ0v) is 16.4. The van der Waals surface area contributed by atoms with Crippen LogP contribution in [0.1, 0.15) is 27.8 Å². The van der Waals surface area contributed by atoms with E-state index in [2.05, 4.69) is 10.6 Å². The maximum absolute atomic E-state index is 13.1. The SMILES string of the molecule is CC(OC(=O)c1ccccc1NC(=O)c1ccco1)C(=O)Nc1ccc(F)cc1Cl. The summed E-state index contributed by atoms with van der Waals surface area (Å²) >= 11 is 5.88. The number of carbonyl (C=O) groups is 3. The average Bonchev–Trinajstić information content (AvgIpc) is 3.25. The summed E-state index contributed by atoms with van der Waals surface area (Å²) < 4.78 is 23.3. The van der Waals surface area contributed by atoms with Gasteiger partial charge < -0.3 is 19.8 Å². The van der Waals surface area contributed by atoms with Gasteiger partial charge in [0.25, 0.3) is 11.8 Å². The van der Waals surface area contributed by atoms with Crippen LogP contribution >= 0.6 is 11.6 Å². The summed E-state index contributed by atoms with van der Waals surface area (Å²) in [5.74, 6) is -2.50. The third-order valence-corrected chi connectivity index (χ3v) is 4.29. The molecule has 2 amide bonds. The minimum atomic E-state index is -1.19. The van der Waals surface area contributed by atoms with Crippen molar-refractivity contribution in [3.05, 3.63) is 83.0 Å². The van der Waals surface area contributed by atoms with Crippen molar-refractivity contribution in [2.75, 3.05) is 10.6 Å². The number of benzene rings is 2. The van der Waals surface area contributed by atoms with Crippen LogP contribution in [0.15, 0.2) is 65.3 Å². The zero-order valence-electron chi connectivity index (χ0n) is 15.6. The Bertz CT molecular complexity index is 1080. The van der Waals surface area contributed by atoms with Crippen molar-refractivity contribution in [3.8, 4) is 0 Å². The topological polar surface area (TPSA) is 97.6 Å². The molecule has 0 radical (unpaired) electrons. The third-order valence-electron chi connectivity index (χ3n) is 3.98. The van der Waals surface area contributed by atoms with Crippen LogP contribution in [0.5, 0.6) is 0 Å². The summed E-state index contributed by atoms with van der Waals surface area (Å²) in [5.41, 5.74) is 0.423. The molecule has 9 heteroatoms. The molecule has 0 aliphatic rings. The molecule has 7 nitrogen and oxygen atoms in total. The van der Waals surface area contributed by atoms with Gasteiger partial charge in [-0.1, -0.05) is 23.7 Å². The molecule has 1 atom stereocenters. The molecule has 0 bridgehead atoms. The number of nitrogens with one attached hydrogen (secondary N) is 2. The third kappa shape index (κ3) is 5.03. The predicted molar refractivity (Wildman–Crippen MR) is 108 cm³/mol. The lowest BCUT2D eigenvalue weighted by Crippen LogP contribution is -2.30. The number of halogens is 2. The maximum Gasteiger partial charge on any atom is 0.341 e. The Morgan fingerprint density at radius 1 is 1.03 bits per heavy atom. The van der Waals surface area contributed by atoms with Crippen LogP contribution in [-0.2, 0) is 9.53 Å². The van der Waals surface area contributed by atoms with Gasteiger partial charge in [0.05, 0.1) is 28.2 Å². The average molecular weight is 431 g/mol. The Morgan fingerprint density at radius 3 is 2.50 bits per heavy atom. The minimum Gasteiger partial charge on any atom is -0.459 e. The number of amides is 2. The second-order valence-corrected chi connectivity index (χ2v) is 6.55. The van der Waals surface area contributed by atoms with Gasteiger partial charge in [-0.25, -0.2) is 9.18 Å². The second kappa shape index (κ2) is 9.23. The molecule has 2 aromatic carbocycles. The Balaban J connectivity index is 1.68. The Labute approximate surface area is 175 Å². The normalized spacial score (nSPS) is 11.4. The van der Waals surface area contributed by atoms with Crippen LogP contribution in [0, 0.1) is 5.82 Å². The molecule has 0 aliphatic carbocycles. The maximum atomic E-state index is 13.1. The first-order valence-corrected chi connectivity index (χ1v) is 9.13. The fourth-order valence-corrected chi connectivity index (χ4v) is 2.68. The molecule has 0 aliphatic heterocycles. The zero-order chi connectivity index (χ0) is 21.7. The highest BCUT2D eigenvalue weighted by Crippen LogP contribution is 2.23. The number of esters is 1. The number of rotatable bonds is 6. The van der Waals surface area contributed by atoms with Gasteiger partial charge in [-0.3, -0.25) is 9.59 Å². The van der Waals surface area contributed by atoms with Gasteiger partial charge in [0.15, 0.2) is 11.9 Å². The van der Waals surface area contributed by atoms with Crippen LogP contribution < -0.4 is 10.6 Å². The molecule has 1 aromatic heterocycles. The van der Waals surface area contributed by atoms with Crippen molar-refractivity contribution in [3.63, 3.8) is 0 Å². The molecule has 1 heterocycles. The van der Waals surface area contributed by atoms with E-state index < -0.39 is 29.7 Å². The minimum absolute atomic E-state index is 0.00728. The van der Waals surface area contributed by atoms with E-state index in [9.17, 15) is 18.8 Å². The van der Waals surface area contributed by atoms with E-state index >= 15 is 0 Å². The van der Waals surface area contributed by atoms with E-state index in [-0.39, 0.29) is 27.7 Å². The quantitative estimate of drug-likeness (QED) is 0.561. The summed E-state index contributed by atoms with van der Waals surface area (Å²) in [7, 11) is 0. The highest BCUT2D eigenvalue weighted by Gasteiger charge is 2.22. The van der Waals surface area contributed by atoms with Crippen LogP contribution in [0.4, 0.5) is 15.8 Å². The number of hydrogen-bond acceptors (Lipinski definition) is 5.